The lowest BCUT2D eigenvalue weighted by Crippen LogP contribution is -2.19. The van der Waals surface area contributed by atoms with Crippen molar-refractivity contribution < 1.29 is 18.5 Å². The van der Waals surface area contributed by atoms with Crippen molar-refractivity contribution in [2.75, 3.05) is 16.3 Å². The van der Waals surface area contributed by atoms with E-state index in [0.29, 0.717) is 34.0 Å². The zero-order chi connectivity index (χ0) is 23.4. The summed E-state index contributed by atoms with van der Waals surface area (Å²) in [4.78, 5) is 20.9. The molecule has 12 heteroatoms. The molecular weight excluding hydrogens is 437 g/mol. The van der Waals surface area contributed by atoms with Crippen LogP contribution in [0.25, 0.3) is 17.5 Å². The van der Waals surface area contributed by atoms with Crippen LogP contribution in [0.2, 0.25) is 0 Å². The number of carbonyl (C=O) groups is 1. The Morgan fingerprint density at radius 3 is 2.84 bits per heavy atom. The Kier molecular flexibility index (Phi) is 7.05. The summed E-state index contributed by atoms with van der Waals surface area (Å²) in [6.07, 6.45) is 2.45. The molecule has 3 rings (SSSR count). The van der Waals surface area contributed by atoms with Crippen LogP contribution in [0, 0.1) is 12.7 Å². The summed E-state index contributed by atoms with van der Waals surface area (Å²) in [6, 6.07) is 4.62. The molecule has 3 aromatic rings. The van der Waals surface area contributed by atoms with Crippen molar-refractivity contribution in [3.63, 3.8) is 0 Å². The number of hydrogen-bond acceptors (Lipinski definition) is 8. The van der Waals surface area contributed by atoms with E-state index in [2.05, 4.69) is 36.9 Å². The Bertz CT molecular complexity index is 1150. The molecule has 10 nitrogen and oxygen atoms in total. The first kappa shape index (κ1) is 23.2. The molecule has 3 heterocycles. The molecule has 3 aromatic heterocycles. The Morgan fingerprint density at radius 1 is 1.44 bits per heavy atom. The van der Waals surface area contributed by atoms with E-state index in [9.17, 15) is 13.7 Å². The quantitative estimate of drug-likeness (QED) is 0.514. The summed E-state index contributed by atoms with van der Waals surface area (Å²) in [6.45, 7) is 6.99. The second kappa shape index (κ2) is 9.75. The minimum Gasteiger partial charge on any atom is -0.593 e. The van der Waals surface area contributed by atoms with E-state index >= 15 is 0 Å². The Labute approximate surface area is 187 Å². The van der Waals surface area contributed by atoms with Gasteiger partial charge in [-0.1, -0.05) is 11.8 Å². The molecule has 0 bridgehead atoms. The van der Waals surface area contributed by atoms with Gasteiger partial charge in [-0.3, -0.25) is 10.3 Å². The van der Waals surface area contributed by atoms with Gasteiger partial charge >= 0.3 is 6.09 Å². The highest BCUT2D eigenvalue weighted by molar-refractivity contribution is 7.92. The van der Waals surface area contributed by atoms with Gasteiger partial charge in [-0.15, -0.1) is 5.10 Å². The molecule has 2 unspecified atom stereocenters. The van der Waals surface area contributed by atoms with Crippen LogP contribution in [0.3, 0.4) is 0 Å². The lowest BCUT2D eigenvalue weighted by atomic mass is 10.1. The van der Waals surface area contributed by atoms with Crippen LogP contribution in [0.4, 0.5) is 20.7 Å². The van der Waals surface area contributed by atoms with Crippen molar-refractivity contribution in [2.24, 2.45) is 7.05 Å². The number of nitrogens with one attached hydrogen (secondary N) is 2. The highest BCUT2D eigenvalue weighted by Crippen LogP contribution is 2.27. The molecule has 0 aromatic carbocycles. The fourth-order valence-electron chi connectivity index (χ4n) is 2.94. The van der Waals surface area contributed by atoms with Crippen molar-refractivity contribution in [3.8, 4) is 11.4 Å². The lowest BCUT2D eigenvalue weighted by molar-refractivity contribution is 0.120. The van der Waals surface area contributed by atoms with E-state index in [1.165, 1.54) is 23.1 Å². The van der Waals surface area contributed by atoms with Crippen molar-refractivity contribution in [3.05, 3.63) is 53.7 Å². The standard InChI is InChI=1S/C20H22FN7O3S/c1-6-15-14(9-13(21)10-22-15)12(3)31-20(29)24-19-18(25-27-28(19)4)17-8-7-16(11(2)23-17)26-32(5)30/h6-10,12,26H,1H2,2-5H3,(H,24,29). The van der Waals surface area contributed by atoms with Gasteiger partial charge in [0.25, 0.3) is 0 Å². The predicted octanol–water partition coefficient (Wildman–Crippen LogP) is 3.38. The van der Waals surface area contributed by atoms with Crippen LogP contribution in [0.5, 0.6) is 0 Å². The molecule has 0 radical (unpaired) electrons. The monoisotopic (exact) mass is 459 g/mol. The van der Waals surface area contributed by atoms with Crippen molar-refractivity contribution in [1.82, 2.24) is 25.0 Å². The molecule has 1 amide bonds. The number of carbonyl (C=O) groups excluding carboxylic acids is 1. The zero-order valence-corrected chi connectivity index (χ0v) is 18.7. The van der Waals surface area contributed by atoms with Crippen molar-refractivity contribution in [1.29, 1.82) is 0 Å². The van der Waals surface area contributed by atoms with Crippen LogP contribution in [-0.4, -0.2) is 41.9 Å². The number of anilines is 2. The third kappa shape index (κ3) is 5.21. The second-order valence-electron chi connectivity index (χ2n) is 6.80. The Morgan fingerprint density at radius 2 is 2.19 bits per heavy atom. The van der Waals surface area contributed by atoms with Crippen LogP contribution in [0.1, 0.15) is 30.0 Å². The van der Waals surface area contributed by atoms with E-state index < -0.39 is 29.4 Å². The first-order chi connectivity index (χ1) is 15.2. The highest BCUT2D eigenvalue weighted by atomic mass is 32.2. The van der Waals surface area contributed by atoms with Crippen LogP contribution in [-0.2, 0) is 23.1 Å². The molecule has 2 atom stereocenters. The van der Waals surface area contributed by atoms with E-state index in [-0.39, 0.29) is 5.82 Å². The maximum Gasteiger partial charge on any atom is 0.413 e. The van der Waals surface area contributed by atoms with Crippen LogP contribution in [0.15, 0.2) is 31.0 Å². The van der Waals surface area contributed by atoms with Crippen molar-refractivity contribution in [2.45, 2.75) is 20.0 Å². The minimum atomic E-state index is -1.24. The largest absolute Gasteiger partial charge is 0.593 e. The summed E-state index contributed by atoms with van der Waals surface area (Å²) in [5.74, 6) is -0.291. The number of rotatable bonds is 7. The first-order valence-electron chi connectivity index (χ1n) is 9.43. The first-order valence-corrected chi connectivity index (χ1v) is 11.0. The number of aromatic nitrogens is 5. The number of ether oxygens (including phenoxy) is 1. The fraction of sp³-hybridized carbons (Fsp3) is 0.250. The summed E-state index contributed by atoms with van der Waals surface area (Å²) in [5.41, 5.74) is 2.78. The van der Waals surface area contributed by atoms with Gasteiger partial charge in [0, 0.05) is 12.6 Å². The topological polar surface area (TPSA) is 130 Å². The van der Waals surface area contributed by atoms with Gasteiger partial charge in [-0.25, -0.2) is 23.6 Å². The number of amides is 1. The van der Waals surface area contributed by atoms with E-state index in [4.69, 9.17) is 4.74 Å². The molecule has 168 valence electrons. The normalized spacial score (nSPS) is 12.7. The molecule has 32 heavy (non-hydrogen) atoms. The number of pyridine rings is 2. The average molecular weight is 460 g/mol. The number of hydrogen-bond donors (Lipinski definition) is 2. The molecule has 0 aliphatic heterocycles. The molecular formula is C20H22FN7O3S. The lowest BCUT2D eigenvalue weighted by Gasteiger charge is -2.16. The Hall–Kier alpha value is -3.51. The molecule has 0 spiro atoms. The molecule has 0 aliphatic carbocycles. The van der Waals surface area contributed by atoms with Gasteiger partial charge in [0.15, 0.2) is 11.5 Å². The molecule has 2 N–H and O–H groups in total. The Balaban J connectivity index is 1.80. The number of halogens is 1. The SMILES string of the molecule is C=Cc1ncc(F)cc1C(C)OC(=O)Nc1c(-c2ccc(N[S+](C)[O-])c(C)n2)nnn1C. The van der Waals surface area contributed by atoms with Gasteiger partial charge in [-0.05, 0) is 38.1 Å². The van der Waals surface area contributed by atoms with Crippen LogP contribution < -0.4 is 10.0 Å². The number of nitrogens with zero attached hydrogens (tertiary/aromatic N) is 5. The van der Waals surface area contributed by atoms with Gasteiger partial charge in [0.2, 0.25) is 0 Å². The summed E-state index contributed by atoms with van der Waals surface area (Å²) < 4.78 is 34.6. The third-order valence-corrected chi connectivity index (χ3v) is 4.97. The smallest absolute Gasteiger partial charge is 0.413 e. The average Bonchev–Trinajstić information content (AvgIpc) is 3.09. The molecule has 0 fully saturated rings. The molecule has 0 aliphatic rings. The summed E-state index contributed by atoms with van der Waals surface area (Å²) in [5, 5.41) is 10.6. The van der Waals surface area contributed by atoms with E-state index in [0.717, 1.165) is 6.20 Å². The van der Waals surface area contributed by atoms with Gasteiger partial charge in [-0.2, -0.15) is 0 Å². The number of aryl methyl sites for hydroxylation is 2. The maximum absolute atomic E-state index is 13.6. The molecule has 0 saturated carbocycles. The summed E-state index contributed by atoms with van der Waals surface area (Å²) >= 11 is -1.24. The fourth-order valence-corrected chi connectivity index (χ4v) is 3.46. The zero-order valence-electron chi connectivity index (χ0n) is 17.9. The third-order valence-electron chi connectivity index (χ3n) is 4.46. The van der Waals surface area contributed by atoms with Crippen LogP contribution >= 0.6 is 0 Å². The predicted molar refractivity (Wildman–Crippen MR) is 119 cm³/mol. The van der Waals surface area contributed by atoms with Gasteiger partial charge in [0.05, 0.1) is 34.6 Å². The van der Waals surface area contributed by atoms with E-state index in [1.54, 1.807) is 33.0 Å². The maximum atomic E-state index is 13.6. The highest BCUT2D eigenvalue weighted by Gasteiger charge is 2.21. The van der Waals surface area contributed by atoms with Crippen molar-refractivity contribution >= 4 is 35.0 Å². The van der Waals surface area contributed by atoms with Gasteiger partial charge < -0.3 is 9.29 Å². The minimum absolute atomic E-state index is 0.259. The van der Waals surface area contributed by atoms with Gasteiger partial charge in [0.1, 0.15) is 23.9 Å². The second-order valence-corrected chi connectivity index (χ2v) is 7.91. The summed E-state index contributed by atoms with van der Waals surface area (Å²) in [7, 11) is 1.60. The van der Waals surface area contributed by atoms with E-state index in [1.807, 2.05) is 0 Å². The molecule has 0 saturated heterocycles.